The molecule has 0 aliphatic heterocycles. The predicted octanol–water partition coefficient (Wildman–Crippen LogP) is 2.39. The lowest BCUT2D eigenvalue weighted by molar-refractivity contribution is -0.129. The summed E-state index contributed by atoms with van der Waals surface area (Å²) in [4.78, 5) is 23.2. The van der Waals surface area contributed by atoms with Gasteiger partial charge in [-0.25, -0.2) is 4.39 Å². The van der Waals surface area contributed by atoms with Gasteiger partial charge in [-0.3, -0.25) is 9.59 Å². The van der Waals surface area contributed by atoms with Crippen molar-refractivity contribution in [2.45, 2.75) is 19.5 Å². The van der Waals surface area contributed by atoms with Crippen LogP contribution in [0.4, 0.5) is 4.39 Å². The SMILES string of the molecule is COC[C@@H](NC(C)=O)C(=O)NCc1ccc(Oc2cccc(F)c2)cc1. The second-order valence-electron chi connectivity index (χ2n) is 5.63. The van der Waals surface area contributed by atoms with Crippen molar-refractivity contribution in [3.8, 4) is 11.5 Å². The normalized spacial score (nSPS) is 11.5. The van der Waals surface area contributed by atoms with E-state index >= 15 is 0 Å². The second kappa shape index (κ2) is 9.53. The lowest BCUT2D eigenvalue weighted by Crippen LogP contribution is -2.48. The molecule has 7 heteroatoms. The average Bonchev–Trinajstić information content (AvgIpc) is 2.60. The van der Waals surface area contributed by atoms with Gasteiger partial charge in [0.15, 0.2) is 0 Å². The van der Waals surface area contributed by atoms with Crippen LogP contribution in [0.2, 0.25) is 0 Å². The van der Waals surface area contributed by atoms with Gasteiger partial charge in [0.05, 0.1) is 6.61 Å². The van der Waals surface area contributed by atoms with Crippen LogP contribution in [-0.2, 0) is 20.9 Å². The van der Waals surface area contributed by atoms with Crippen molar-refractivity contribution >= 4 is 11.8 Å². The van der Waals surface area contributed by atoms with E-state index in [0.717, 1.165) is 5.56 Å². The molecule has 0 bridgehead atoms. The summed E-state index contributed by atoms with van der Waals surface area (Å²) in [6.45, 7) is 1.72. The summed E-state index contributed by atoms with van der Waals surface area (Å²) in [5.41, 5.74) is 0.851. The van der Waals surface area contributed by atoms with Crippen molar-refractivity contribution in [2.24, 2.45) is 0 Å². The molecule has 6 nitrogen and oxygen atoms in total. The Morgan fingerprint density at radius 1 is 1.12 bits per heavy atom. The third-order valence-electron chi connectivity index (χ3n) is 3.45. The molecule has 0 saturated heterocycles. The summed E-state index contributed by atoms with van der Waals surface area (Å²) in [5, 5.41) is 5.27. The number of rotatable bonds is 8. The standard InChI is InChI=1S/C19H21FN2O4/c1-13(23)22-18(12-25-2)19(24)21-11-14-6-8-16(9-7-14)26-17-5-3-4-15(20)10-17/h3-10,18H,11-12H2,1-2H3,(H,21,24)(H,22,23)/t18-/m1/s1. The molecule has 0 radical (unpaired) electrons. The highest BCUT2D eigenvalue weighted by atomic mass is 19.1. The molecular weight excluding hydrogens is 339 g/mol. The minimum absolute atomic E-state index is 0.0891. The first-order valence-electron chi connectivity index (χ1n) is 8.04. The van der Waals surface area contributed by atoms with E-state index < -0.39 is 6.04 Å². The largest absolute Gasteiger partial charge is 0.457 e. The Morgan fingerprint density at radius 2 is 1.85 bits per heavy atom. The zero-order valence-corrected chi connectivity index (χ0v) is 14.6. The number of nitrogens with one attached hydrogen (secondary N) is 2. The fraction of sp³-hybridized carbons (Fsp3) is 0.263. The monoisotopic (exact) mass is 360 g/mol. The molecular formula is C19H21FN2O4. The maximum Gasteiger partial charge on any atom is 0.245 e. The van der Waals surface area contributed by atoms with Crippen LogP contribution in [0, 0.1) is 5.82 Å². The molecule has 0 heterocycles. The molecule has 2 N–H and O–H groups in total. The maximum absolute atomic E-state index is 13.2. The van der Waals surface area contributed by atoms with Crippen LogP contribution in [0.3, 0.4) is 0 Å². The summed E-state index contributed by atoms with van der Waals surface area (Å²) >= 11 is 0. The number of ether oxygens (including phenoxy) is 2. The van der Waals surface area contributed by atoms with E-state index in [1.54, 1.807) is 36.4 Å². The van der Waals surface area contributed by atoms with E-state index in [9.17, 15) is 14.0 Å². The van der Waals surface area contributed by atoms with E-state index in [4.69, 9.17) is 9.47 Å². The molecule has 0 spiro atoms. The number of methoxy groups -OCH3 is 1. The van der Waals surface area contributed by atoms with Crippen molar-refractivity contribution in [3.05, 3.63) is 59.9 Å². The quantitative estimate of drug-likeness (QED) is 0.758. The summed E-state index contributed by atoms with van der Waals surface area (Å²) in [5.74, 6) is -0.0419. The topological polar surface area (TPSA) is 76.7 Å². The first-order valence-corrected chi connectivity index (χ1v) is 8.04. The first-order chi connectivity index (χ1) is 12.5. The number of carbonyl (C=O) groups is 2. The average molecular weight is 360 g/mol. The van der Waals surface area contributed by atoms with Gasteiger partial charge in [-0.1, -0.05) is 18.2 Å². The van der Waals surface area contributed by atoms with Gasteiger partial charge in [-0.05, 0) is 29.8 Å². The molecule has 26 heavy (non-hydrogen) atoms. The van der Waals surface area contributed by atoms with Gasteiger partial charge in [-0.2, -0.15) is 0 Å². The zero-order chi connectivity index (χ0) is 18.9. The summed E-state index contributed by atoms with van der Waals surface area (Å²) in [7, 11) is 1.46. The Balaban J connectivity index is 1.90. The highest BCUT2D eigenvalue weighted by Crippen LogP contribution is 2.22. The summed E-state index contributed by atoms with van der Waals surface area (Å²) in [6.07, 6.45) is 0. The number of hydrogen-bond donors (Lipinski definition) is 2. The van der Waals surface area contributed by atoms with Crippen LogP contribution in [0.25, 0.3) is 0 Å². The van der Waals surface area contributed by atoms with E-state index in [-0.39, 0.29) is 24.2 Å². The molecule has 2 aromatic carbocycles. The molecule has 0 aliphatic rings. The highest BCUT2D eigenvalue weighted by molar-refractivity contribution is 5.86. The maximum atomic E-state index is 13.2. The number of hydrogen-bond acceptors (Lipinski definition) is 4. The second-order valence-corrected chi connectivity index (χ2v) is 5.63. The van der Waals surface area contributed by atoms with Gasteiger partial charge in [0.1, 0.15) is 23.4 Å². The van der Waals surface area contributed by atoms with Crippen molar-refractivity contribution < 1.29 is 23.5 Å². The number of amides is 2. The molecule has 0 aromatic heterocycles. The van der Waals surface area contributed by atoms with Gasteiger partial charge >= 0.3 is 0 Å². The third-order valence-corrected chi connectivity index (χ3v) is 3.45. The molecule has 2 aromatic rings. The van der Waals surface area contributed by atoms with Crippen LogP contribution in [0.15, 0.2) is 48.5 Å². The van der Waals surface area contributed by atoms with Gasteiger partial charge in [0.2, 0.25) is 11.8 Å². The lowest BCUT2D eigenvalue weighted by Gasteiger charge is -2.16. The highest BCUT2D eigenvalue weighted by Gasteiger charge is 2.18. The smallest absolute Gasteiger partial charge is 0.245 e. The van der Waals surface area contributed by atoms with E-state index in [0.29, 0.717) is 18.0 Å². The number of benzene rings is 2. The van der Waals surface area contributed by atoms with Crippen molar-refractivity contribution in [1.82, 2.24) is 10.6 Å². The van der Waals surface area contributed by atoms with Crippen molar-refractivity contribution in [3.63, 3.8) is 0 Å². The molecule has 0 unspecified atom stereocenters. The summed E-state index contributed by atoms with van der Waals surface area (Å²) in [6, 6.07) is 12.2. The molecule has 1 atom stereocenters. The van der Waals surface area contributed by atoms with Crippen LogP contribution in [-0.4, -0.2) is 31.6 Å². The van der Waals surface area contributed by atoms with Crippen molar-refractivity contribution in [2.75, 3.05) is 13.7 Å². The minimum Gasteiger partial charge on any atom is -0.457 e. The van der Waals surface area contributed by atoms with E-state index in [1.807, 2.05) is 0 Å². The lowest BCUT2D eigenvalue weighted by atomic mass is 10.2. The number of carbonyl (C=O) groups excluding carboxylic acids is 2. The Labute approximate surface area is 151 Å². The Kier molecular flexibility index (Phi) is 7.11. The fourth-order valence-electron chi connectivity index (χ4n) is 2.25. The molecule has 2 amide bonds. The van der Waals surface area contributed by atoms with Gasteiger partial charge in [0, 0.05) is 26.6 Å². The Hall–Kier alpha value is -2.93. The minimum atomic E-state index is -0.743. The molecule has 138 valence electrons. The van der Waals surface area contributed by atoms with E-state index in [2.05, 4.69) is 10.6 Å². The van der Waals surface area contributed by atoms with E-state index in [1.165, 1.54) is 26.2 Å². The van der Waals surface area contributed by atoms with Crippen LogP contribution < -0.4 is 15.4 Å². The van der Waals surface area contributed by atoms with Gasteiger partial charge < -0.3 is 20.1 Å². The summed E-state index contributed by atoms with van der Waals surface area (Å²) < 4.78 is 23.7. The number of halogens is 1. The molecule has 0 saturated carbocycles. The molecule has 0 aliphatic carbocycles. The van der Waals surface area contributed by atoms with Gasteiger partial charge in [-0.15, -0.1) is 0 Å². The Morgan fingerprint density at radius 3 is 2.46 bits per heavy atom. The fourth-order valence-corrected chi connectivity index (χ4v) is 2.25. The van der Waals surface area contributed by atoms with Crippen LogP contribution >= 0.6 is 0 Å². The van der Waals surface area contributed by atoms with Crippen molar-refractivity contribution in [1.29, 1.82) is 0 Å². The van der Waals surface area contributed by atoms with Crippen LogP contribution in [0.1, 0.15) is 12.5 Å². The van der Waals surface area contributed by atoms with Crippen LogP contribution in [0.5, 0.6) is 11.5 Å². The van der Waals surface area contributed by atoms with Gasteiger partial charge in [0.25, 0.3) is 0 Å². The molecule has 0 fully saturated rings. The molecule has 2 rings (SSSR count). The first kappa shape index (κ1) is 19.4. The zero-order valence-electron chi connectivity index (χ0n) is 14.6. The Bertz CT molecular complexity index is 749. The third kappa shape index (κ3) is 6.18. The predicted molar refractivity (Wildman–Crippen MR) is 94.2 cm³/mol.